The normalized spacial score (nSPS) is 16.8. The Morgan fingerprint density at radius 2 is 2.33 bits per heavy atom. The Bertz CT molecular complexity index is 1070. The van der Waals surface area contributed by atoms with Gasteiger partial charge < -0.3 is 10.1 Å². The van der Waals surface area contributed by atoms with E-state index in [0.717, 1.165) is 29.6 Å². The van der Waals surface area contributed by atoms with E-state index in [2.05, 4.69) is 20.0 Å². The number of fused-ring (bicyclic) bond motifs is 2. The van der Waals surface area contributed by atoms with E-state index in [4.69, 9.17) is 0 Å². The van der Waals surface area contributed by atoms with Gasteiger partial charge in [0.1, 0.15) is 10.5 Å². The smallest absolute Gasteiger partial charge is 0.356 e. The Morgan fingerprint density at radius 1 is 1.52 bits per heavy atom. The number of nitrogens with one attached hydrogen (secondary N) is 1. The van der Waals surface area contributed by atoms with E-state index in [-0.39, 0.29) is 17.3 Å². The molecule has 3 aromatic heterocycles. The molecule has 3 heterocycles. The summed E-state index contributed by atoms with van der Waals surface area (Å²) in [6.07, 6.45) is 2.35. The first-order valence-corrected chi connectivity index (χ1v) is 9.84. The van der Waals surface area contributed by atoms with Crippen LogP contribution in [0.15, 0.2) is 16.2 Å². The van der Waals surface area contributed by atoms with Crippen LogP contribution in [0.1, 0.15) is 40.9 Å². The van der Waals surface area contributed by atoms with Crippen LogP contribution in [0.4, 0.5) is 0 Å². The third-order valence-corrected chi connectivity index (χ3v) is 6.11. The molecule has 142 valence electrons. The average Bonchev–Trinajstić information content (AvgIpc) is 3.25. The molecular weight excluding hydrogens is 366 g/mol. The number of aryl methyl sites for hydroxylation is 1. The molecule has 1 aliphatic rings. The number of carboxylic acid groups (broad SMARTS) is 1. The first-order valence-electron chi connectivity index (χ1n) is 8.96. The number of rotatable bonds is 5. The molecule has 0 aliphatic heterocycles. The Kier molecular flexibility index (Phi) is 4.56. The van der Waals surface area contributed by atoms with E-state index in [1.54, 1.807) is 4.68 Å². The number of carbonyl (C=O) groups is 1. The fourth-order valence-corrected chi connectivity index (χ4v) is 4.57. The van der Waals surface area contributed by atoms with Crippen LogP contribution in [0.25, 0.3) is 10.2 Å². The summed E-state index contributed by atoms with van der Waals surface area (Å²) in [4.78, 5) is 33.3. The zero-order valence-corrected chi connectivity index (χ0v) is 16.0. The van der Waals surface area contributed by atoms with Crippen molar-refractivity contribution in [1.29, 1.82) is 0 Å². The lowest BCUT2D eigenvalue weighted by atomic mass is 9.90. The van der Waals surface area contributed by atoms with E-state index in [0.29, 0.717) is 30.0 Å². The summed E-state index contributed by atoms with van der Waals surface area (Å²) < 4.78 is 2.44. The average molecular weight is 387 g/mol. The van der Waals surface area contributed by atoms with Gasteiger partial charge in [0, 0.05) is 23.8 Å². The van der Waals surface area contributed by atoms with Crippen LogP contribution < -0.4 is 5.56 Å². The van der Waals surface area contributed by atoms with Crippen molar-refractivity contribution in [3.63, 3.8) is 0 Å². The summed E-state index contributed by atoms with van der Waals surface area (Å²) in [5.74, 6) is -0.349. The fourth-order valence-electron chi connectivity index (χ4n) is 3.84. The fraction of sp³-hybridized carbons (Fsp3) is 0.444. The van der Waals surface area contributed by atoms with Gasteiger partial charge in [0.15, 0.2) is 5.69 Å². The monoisotopic (exact) mass is 387 g/mol. The van der Waals surface area contributed by atoms with Crippen LogP contribution >= 0.6 is 11.3 Å². The SMILES string of the molecule is CCn1nc(C(=O)O)c2c1CC[C@H](N(C)Cc1nc3ccsc3c(=O)[nH]1)C2. The van der Waals surface area contributed by atoms with Crippen LogP contribution in [0, 0.1) is 0 Å². The van der Waals surface area contributed by atoms with E-state index < -0.39 is 5.97 Å². The Labute approximate surface area is 159 Å². The Morgan fingerprint density at radius 3 is 3.07 bits per heavy atom. The zero-order valence-electron chi connectivity index (χ0n) is 15.2. The number of nitrogens with zero attached hydrogens (tertiary/aromatic N) is 4. The van der Waals surface area contributed by atoms with Gasteiger partial charge in [-0.3, -0.25) is 14.4 Å². The number of hydrogen-bond donors (Lipinski definition) is 2. The van der Waals surface area contributed by atoms with Gasteiger partial charge in [0.05, 0.1) is 12.1 Å². The van der Waals surface area contributed by atoms with Gasteiger partial charge in [0.2, 0.25) is 0 Å². The maximum atomic E-state index is 12.2. The molecule has 3 aromatic rings. The summed E-state index contributed by atoms with van der Waals surface area (Å²) in [5, 5.41) is 15.6. The van der Waals surface area contributed by atoms with Crippen LogP contribution in [-0.4, -0.2) is 48.8 Å². The summed E-state index contributed by atoms with van der Waals surface area (Å²) in [5.41, 5.74) is 2.64. The molecule has 2 N–H and O–H groups in total. The van der Waals surface area contributed by atoms with E-state index in [9.17, 15) is 14.7 Å². The van der Waals surface area contributed by atoms with Gasteiger partial charge in [-0.25, -0.2) is 9.78 Å². The van der Waals surface area contributed by atoms with Crippen molar-refractivity contribution in [2.45, 2.75) is 45.3 Å². The molecule has 27 heavy (non-hydrogen) atoms. The van der Waals surface area contributed by atoms with Crippen molar-refractivity contribution in [2.24, 2.45) is 0 Å². The lowest BCUT2D eigenvalue weighted by Crippen LogP contribution is -2.37. The molecule has 8 nitrogen and oxygen atoms in total. The summed E-state index contributed by atoms with van der Waals surface area (Å²) >= 11 is 1.39. The Hall–Kier alpha value is -2.52. The molecule has 4 rings (SSSR count). The van der Waals surface area contributed by atoms with Crippen molar-refractivity contribution in [3.8, 4) is 0 Å². The van der Waals surface area contributed by atoms with Crippen molar-refractivity contribution < 1.29 is 9.90 Å². The lowest BCUT2D eigenvalue weighted by molar-refractivity contribution is 0.0687. The predicted molar refractivity (Wildman–Crippen MR) is 102 cm³/mol. The van der Waals surface area contributed by atoms with Gasteiger partial charge >= 0.3 is 5.97 Å². The summed E-state index contributed by atoms with van der Waals surface area (Å²) in [6.45, 7) is 3.15. The molecule has 0 radical (unpaired) electrons. The molecule has 0 saturated heterocycles. The largest absolute Gasteiger partial charge is 0.476 e. The highest BCUT2D eigenvalue weighted by molar-refractivity contribution is 7.17. The number of carboxylic acids is 1. The highest BCUT2D eigenvalue weighted by atomic mass is 32.1. The van der Waals surface area contributed by atoms with Gasteiger partial charge in [-0.15, -0.1) is 11.3 Å². The number of aromatic nitrogens is 4. The van der Waals surface area contributed by atoms with Crippen molar-refractivity contribution >= 4 is 27.5 Å². The molecule has 0 unspecified atom stereocenters. The van der Waals surface area contributed by atoms with Crippen molar-refractivity contribution in [3.05, 3.63) is 44.6 Å². The van der Waals surface area contributed by atoms with Crippen LogP contribution in [0.5, 0.6) is 0 Å². The molecule has 1 atom stereocenters. The molecular formula is C18H21N5O3S. The first kappa shape index (κ1) is 17.9. The van der Waals surface area contributed by atoms with E-state index in [1.807, 2.05) is 25.4 Å². The van der Waals surface area contributed by atoms with Gasteiger partial charge in [0.25, 0.3) is 5.56 Å². The second kappa shape index (κ2) is 6.90. The van der Waals surface area contributed by atoms with E-state index in [1.165, 1.54) is 11.3 Å². The molecule has 0 spiro atoms. The van der Waals surface area contributed by atoms with Crippen LogP contribution in [0.2, 0.25) is 0 Å². The minimum atomic E-state index is -0.976. The Balaban J connectivity index is 1.57. The number of hydrogen-bond acceptors (Lipinski definition) is 6. The number of H-pyrrole nitrogens is 1. The maximum absolute atomic E-state index is 12.2. The van der Waals surface area contributed by atoms with Crippen molar-refractivity contribution in [2.75, 3.05) is 7.05 Å². The molecule has 0 saturated carbocycles. The van der Waals surface area contributed by atoms with E-state index >= 15 is 0 Å². The number of likely N-dealkylation sites (N-methyl/N-ethyl adjacent to an activating group) is 1. The standard InChI is InChI=1S/C18H21N5O3S/c1-3-23-13-5-4-10(8-11(13)15(21-23)18(25)26)22(2)9-14-19-12-6-7-27-16(12)17(24)20-14/h6-7,10H,3-5,8-9H2,1-2H3,(H,25,26)(H,19,20,24)/t10-/m0/s1. The molecule has 0 fully saturated rings. The molecule has 0 bridgehead atoms. The first-order chi connectivity index (χ1) is 13.0. The quantitative estimate of drug-likeness (QED) is 0.693. The topological polar surface area (TPSA) is 104 Å². The van der Waals surface area contributed by atoms with Gasteiger partial charge in [-0.1, -0.05) is 0 Å². The highest BCUT2D eigenvalue weighted by Gasteiger charge is 2.30. The third-order valence-electron chi connectivity index (χ3n) is 5.21. The molecule has 0 aromatic carbocycles. The second-order valence-corrected chi connectivity index (χ2v) is 7.77. The van der Waals surface area contributed by atoms with Crippen molar-refractivity contribution in [1.82, 2.24) is 24.6 Å². The third kappa shape index (κ3) is 3.17. The summed E-state index contributed by atoms with van der Waals surface area (Å²) in [6, 6.07) is 2.03. The summed E-state index contributed by atoms with van der Waals surface area (Å²) in [7, 11) is 1.98. The number of aromatic carboxylic acids is 1. The van der Waals surface area contributed by atoms with Crippen LogP contribution in [-0.2, 0) is 25.9 Å². The predicted octanol–water partition coefficient (Wildman–Crippen LogP) is 1.89. The minimum Gasteiger partial charge on any atom is -0.476 e. The van der Waals surface area contributed by atoms with Gasteiger partial charge in [-0.05, 0) is 44.7 Å². The second-order valence-electron chi connectivity index (χ2n) is 6.85. The zero-order chi connectivity index (χ0) is 19.1. The molecule has 0 amide bonds. The van der Waals surface area contributed by atoms with Gasteiger partial charge in [-0.2, -0.15) is 5.10 Å². The minimum absolute atomic E-state index is 0.110. The molecule has 9 heteroatoms. The highest BCUT2D eigenvalue weighted by Crippen LogP contribution is 2.27. The lowest BCUT2D eigenvalue weighted by Gasteiger charge is -2.31. The number of aromatic amines is 1. The molecule has 1 aliphatic carbocycles. The maximum Gasteiger partial charge on any atom is 0.356 e. The number of thiophene rings is 1. The van der Waals surface area contributed by atoms with Crippen LogP contribution in [0.3, 0.4) is 0 Å².